The van der Waals surface area contributed by atoms with Crippen molar-refractivity contribution in [2.24, 2.45) is 0 Å². The summed E-state index contributed by atoms with van der Waals surface area (Å²) in [4.78, 5) is 41.9. The highest BCUT2D eigenvalue weighted by atomic mass is 16.5. The fourth-order valence-electron chi connectivity index (χ4n) is 7.35. The van der Waals surface area contributed by atoms with Crippen LogP contribution in [-0.2, 0) is 20.9 Å². The first-order chi connectivity index (χ1) is 21.2. The zero-order valence-electron chi connectivity index (χ0n) is 25.9. The van der Waals surface area contributed by atoms with Crippen LogP contribution >= 0.6 is 0 Å². The number of aromatic carboxylic acids is 1. The second kappa shape index (κ2) is 12.1. The number of rotatable bonds is 6. The largest absolute Gasteiger partial charge is 0.497 e. The summed E-state index contributed by atoms with van der Waals surface area (Å²) in [6.07, 6.45) is 8.87. The molecule has 3 aromatic rings. The number of carbonyl (C=O) groups is 3. The van der Waals surface area contributed by atoms with Crippen LogP contribution in [0.3, 0.4) is 0 Å². The molecular formula is C36H40N2O6. The summed E-state index contributed by atoms with van der Waals surface area (Å²) in [5, 5.41) is 10.9. The van der Waals surface area contributed by atoms with Gasteiger partial charge in [0.25, 0.3) is 5.91 Å². The van der Waals surface area contributed by atoms with E-state index in [1.807, 2.05) is 44.2 Å². The van der Waals surface area contributed by atoms with Gasteiger partial charge in [-0.1, -0.05) is 31.4 Å². The first kappa shape index (κ1) is 29.9. The number of benzene rings is 2. The summed E-state index contributed by atoms with van der Waals surface area (Å²) in [6, 6.07) is 11.2. The number of carboxylic acid groups (broad SMARTS) is 1. The number of hydrogen-bond acceptors (Lipinski definition) is 5. The van der Waals surface area contributed by atoms with Crippen molar-refractivity contribution in [3.63, 3.8) is 0 Å². The number of ether oxygens (including phenoxy) is 2. The van der Waals surface area contributed by atoms with Gasteiger partial charge in [0.15, 0.2) is 5.78 Å². The van der Waals surface area contributed by atoms with Crippen LogP contribution in [0.5, 0.6) is 5.75 Å². The standard InChI is InChI=1S/C36H40N2O6/c1-5-28(35(40)37-18-21(2)44-22(3)19-37)34(39)26-15-25-16-27(43-4)12-14-29(25)33-32(23-9-7-6-8-10-23)30-13-11-24(36(41)42)17-31(30)38(33)20-26/h5,11-17,21-23H,6-10,18-20H2,1-4H3,(H,41,42)/t21-,22+. The van der Waals surface area contributed by atoms with Crippen LogP contribution in [0, 0.1) is 0 Å². The molecule has 2 fully saturated rings. The van der Waals surface area contributed by atoms with Crippen LogP contribution in [0.15, 0.2) is 53.6 Å². The number of carboxylic acids is 1. The SMILES string of the molecule is CC=C(C(=O)C1=Cc2cc(OC)ccc2-c2c(C3CCCCC3)c3ccc(C(=O)O)cc3n2C1)C(=O)N1C[C@@H](C)O[C@@H](C)C1. The molecule has 2 aromatic carbocycles. The Bertz CT molecular complexity index is 1700. The first-order valence-corrected chi connectivity index (χ1v) is 15.6. The minimum atomic E-state index is -0.997. The second-order valence-corrected chi connectivity index (χ2v) is 12.3. The molecule has 1 N–H and O–H groups in total. The average Bonchev–Trinajstić information content (AvgIpc) is 3.23. The number of amides is 1. The number of fused-ring (bicyclic) bond motifs is 5. The number of nitrogens with zero attached hydrogens (tertiary/aromatic N) is 2. The van der Waals surface area contributed by atoms with E-state index in [0.29, 0.717) is 30.3 Å². The van der Waals surface area contributed by atoms with Crippen LogP contribution < -0.4 is 4.74 Å². The lowest BCUT2D eigenvalue weighted by Crippen LogP contribution is -2.49. The van der Waals surface area contributed by atoms with Crippen molar-refractivity contribution in [1.29, 1.82) is 0 Å². The Labute approximate surface area is 257 Å². The van der Waals surface area contributed by atoms with Gasteiger partial charge in [0.2, 0.25) is 0 Å². The summed E-state index contributed by atoms with van der Waals surface area (Å²) < 4.78 is 13.5. The maximum Gasteiger partial charge on any atom is 0.335 e. The van der Waals surface area contributed by atoms with Crippen molar-refractivity contribution in [3.8, 4) is 17.0 Å². The van der Waals surface area contributed by atoms with Crippen molar-refractivity contribution in [1.82, 2.24) is 9.47 Å². The van der Waals surface area contributed by atoms with Gasteiger partial charge in [0.1, 0.15) is 5.75 Å². The van der Waals surface area contributed by atoms with Gasteiger partial charge in [-0.3, -0.25) is 9.59 Å². The van der Waals surface area contributed by atoms with Crippen LogP contribution in [-0.4, -0.2) is 64.6 Å². The molecule has 3 heterocycles. The average molecular weight is 597 g/mol. The Balaban J connectivity index is 1.53. The molecule has 2 aliphatic heterocycles. The quantitative estimate of drug-likeness (QED) is 0.195. The van der Waals surface area contributed by atoms with E-state index in [4.69, 9.17) is 9.47 Å². The molecule has 1 aromatic heterocycles. The highest BCUT2D eigenvalue weighted by molar-refractivity contribution is 6.26. The van der Waals surface area contributed by atoms with E-state index in [1.165, 1.54) is 12.0 Å². The smallest absolute Gasteiger partial charge is 0.335 e. The molecule has 8 nitrogen and oxygen atoms in total. The van der Waals surface area contributed by atoms with E-state index in [2.05, 4.69) is 4.57 Å². The fourth-order valence-corrected chi connectivity index (χ4v) is 7.35. The lowest BCUT2D eigenvalue weighted by Gasteiger charge is -2.35. The Morgan fingerprint density at radius 1 is 1.00 bits per heavy atom. The Hall–Kier alpha value is -4.17. The molecule has 1 aliphatic carbocycles. The lowest BCUT2D eigenvalue weighted by molar-refractivity contribution is -0.140. The molecule has 1 saturated carbocycles. The highest BCUT2D eigenvalue weighted by Gasteiger charge is 2.34. The van der Waals surface area contributed by atoms with Crippen LogP contribution in [0.1, 0.15) is 80.3 Å². The highest BCUT2D eigenvalue weighted by Crippen LogP contribution is 2.47. The number of methoxy groups -OCH3 is 1. The Morgan fingerprint density at radius 3 is 2.39 bits per heavy atom. The first-order valence-electron chi connectivity index (χ1n) is 15.6. The summed E-state index contributed by atoms with van der Waals surface area (Å²) in [6.45, 7) is 6.63. The molecule has 230 valence electrons. The molecule has 0 spiro atoms. The number of Topliss-reactive ketones (excluding diaryl/α,β-unsaturated/α-hetero) is 1. The van der Waals surface area contributed by atoms with Gasteiger partial charge >= 0.3 is 5.97 Å². The summed E-state index contributed by atoms with van der Waals surface area (Å²) in [7, 11) is 1.62. The minimum Gasteiger partial charge on any atom is -0.497 e. The van der Waals surface area contributed by atoms with E-state index in [1.54, 1.807) is 37.1 Å². The lowest BCUT2D eigenvalue weighted by atomic mass is 9.81. The normalized spacial score (nSPS) is 20.9. The van der Waals surface area contributed by atoms with E-state index < -0.39 is 5.97 Å². The summed E-state index contributed by atoms with van der Waals surface area (Å²) in [5.41, 5.74) is 5.59. The second-order valence-electron chi connectivity index (χ2n) is 12.3. The topological polar surface area (TPSA) is 98.1 Å². The predicted molar refractivity (Wildman–Crippen MR) is 170 cm³/mol. The van der Waals surface area contributed by atoms with Crippen molar-refractivity contribution in [3.05, 3.63) is 70.3 Å². The number of allylic oxidation sites excluding steroid dienone is 2. The van der Waals surface area contributed by atoms with Gasteiger partial charge < -0.3 is 24.0 Å². The molecule has 1 saturated heterocycles. The molecule has 0 radical (unpaired) electrons. The van der Waals surface area contributed by atoms with Gasteiger partial charge in [-0.2, -0.15) is 0 Å². The Kier molecular flexibility index (Phi) is 8.20. The van der Waals surface area contributed by atoms with Crippen LogP contribution in [0.2, 0.25) is 0 Å². The van der Waals surface area contributed by atoms with Crippen LogP contribution in [0.4, 0.5) is 0 Å². The Morgan fingerprint density at radius 2 is 1.73 bits per heavy atom. The van der Waals surface area contributed by atoms with Crippen LogP contribution in [0.25, 0.3) is 28.2 Å². The molecule has 3 aliphatic rings. The third-order valence-corrected chi connectivity index (χ3v) is 9.30. The maximum atomic E-state index is 14.4. The monoisotopic (exact) mass is 596 g/mol. The molecule has 0 unspecified atom stereocenters. The van der Waals surface area contributed by atoms with Crippen molar-refractivity contribution >= 4 is 34.6 Å². The van der Waals surface area contributed by atoms with Gasteiger partial charge in [-0.05, 0) is 87.1 Å². The molecule has 1 amide bonds. The van der Waals surface area contributed by atoms with Gasteiger partial charge in [0.05, 0.1) is 42.7 Å². The maximum absolute atomic E-state index is 14.4. The molecular weight excluding hydrogens is 556 g/mol. The summed E-state index contributed by atoms with van der Waals surface area (Å²) >= 11 is 0. The number of aromatic nitrogens is 1. The third-order valence-electron chi connectivity index (χ3n) is 9.30. The summed E-state index contributed by atoms with van der Waals surface area (Å²) in [5.74, 6) is -0.640. The fraction of sp³-hybridized carbons (Fsp3) is 0.417. The van der Waals surface area contributed by atoms with E-state index in [9.17, 15) is 19.5 Å². The molecule has 6 rings (SSSR count). The van der Waals surface area contributed by atoms with E-state index in [-0.39, 0.29) is 41.6 Å². The predicted octanol–water partition coefficient (Wildman–Crippen LogP) is 6.61. The van der Waals surface area contributed by atoms with Gasteiger partial charge in [0, 0.05) is 35.1 Å². The minimum absolute atomic E-state index is 0.122. The molecule has 44 heavy (non-hydrogen) atoms. The van der Waals surface area contributed by atoms with Crippen molar-refractivity contribution < 1.29 is 29.0 Å². The van der Waals surface area contributed by atoms with E-state index >= 15 is 0 Å². The van der Waals surface area contributed by atoms with Gasteiger partial charge in [-0.15, -0.1) is 0 Å². The van der Waals surface area contributed by atoms with E-state index in [0.717, 1.165) is 53.4 Å². The number of hydrogen-bond donors (Lipinski definition) is 1. The number of carbonyl (C=O) groups excluding carboxylic acids is 2. The zero-order chi connectivity index (χ0) is 31.1. The molecule has 0 bridgehead atoms. The zero-order valence-corrected chi connectivity index (χ0v) is 25.9. The van der Waals surface area contributed by atoms with Gasteiger partial charge in [-0.25, -0.2) is 4.79 Å². The molecule has 8 heteroatoms. The number of ketones is 1. The van der Waals surface area contributed by atoms with Crippen molar-refractivity contribution in [2.45, 2.75) is 77.5 Å². The number of morpholine rings is 1. The van der Waals surface area contributed by atoms with Crippen molar-refractivity contribution in [2.75, 3.05) is 20.2 Å². The third kappa shape index (κ3) is 5.36. The molecule has 2 atom stereocenters.